The van der Waals surface area contributed by atoms with Gasteiger partial charge in [-0.2, -0.15) is 0 Å². The summed E-state index contributed by atoms with van der Waals surface area (Å²) in [7, 11) is 3.27. The number of aromatic nitrogens is 1. The summed E-state index contributed by atoms with van der Waals surface area (Å²) in [5.74, 6) is 1.45. The summed E-state index contributed by atoms with van der Waals surface area (Å²) in [6, 6.07) is 7.85. The van der Waals surface area contributed by atoms with Gasteiger partial charge in [-0.15, -0.1) is 0 Å². The molecule has 1 heterocycles. The normalized spacial score (nSPS) is 10.2. The minimum absolute atomic E-state index is 0.656. The molecule has 0 fully saturated rings. The van der Waals surface area contributed by atoms with Gasteiger partial charge in [-0.05, 0) is 46.6 Å². The highest BCUT2D eigenvalue weighted by atomic mass is 79.9. The molecule has 1 aromatic carbocycles. The second-order valence-corrected chi connectivity index (χ2v) is 5.26. The number of anilines is 1. The Balaban J connectivity index is 2.14. The van der Waals surface area contributed by atoms with Crippen molar-refractivity contribution in [2.24, 2.45) is 0 Å². The molecular weight excluding hydrogens is 320 g/mol. The number of methoxy groups -OCH3 is 2. The van der Waals surface area contributed by atoms with Crippen LogP contribution in [0.2, 0.25) is 0 Å². The van der Waals surface area contributed by atoms with E-state index in [1.54, 1.807) is 20.4 Å². The average molecular weight is 337 g/mol. The lowest BCUT2D eigenvalue weighted by Crippen LogP contribution is -2.03. The zero-order chi connectivity index (χ0) is 14.5. The standard InChI is InChI=1S/C15H17BrN2O2/c1-10-6-14(19-2)15(20-3)7-13(10)18-9-12-5-4-11(16)8-17-12/h4-8,18H,9H2,1-3H3. The maximum Gasteiger partial charge on any atom is 0.162 e. The summed E-state index contributed by atoms with van der Waals surface area (Å²) >= 11 is 3.37. The second-order valence-electron chi connectivity index (χ2n) is 4.34. The molecule has 0 unspecified atom stereocenters. The fourth-order valence-corrected chi connectivity index (χ4v) is 2.10. The molecule has 20 heavy (non-hydrogen) atoms. The predicted octanol–water partition coefficient (Wildman–Crippen LogP) is 3.78. The van der Waals surface area contributed by atoms with Crippen LogP contribution < -0.4 is 14.8 Å². The molecule has 0 saturated heterocycles. The second kappa shape index (κ2) is 6.61. The minimum atomic E-state index is 0.656. The van der Waals surface area contributed by atoms with E-state index in [1.165, 1.54) is 0 Å². The van der Waals surface area contributed by atoms with Gasteiger partial charge in [0.15, 0.2) is 11.5 Å². The van der Waals surface area contributed by atoms with E-state index < -0.39 is 0 Å². The van der Waals surface area contributed by atoms with Crippen molar-refractivity contribution in [3.8, 4) is 11.5 Å². The van der Waals surface area contributed by atoms with Gasteiger partial charge >= 0.3 is 0 Å². The Kier molecular flexibility index (Phi) is 4.84. The van der Waals surface area contributed by atoms with Gasteiger partial charge in [-0.25, -0.2) is 0 Å². The van der Waals surface area contributed by atoms with Crippen LogP contribution in [-0.2, 0) is 6.54 Å². The van der Waals surface area contributed by atoms with Crippen molar-refractivity contribution in [1.82, 2.24) is 4.98 Å². The van der Waals surface area contributed by atoms with Gasteiger partial charge in [-0.3, -0.25) is 4.98 Å². The van der Waals surface area contributed by atoms with Gasteiger partial charge in [0, 0.05) is 22.4 Å². The minimum Gasteiger partial charge on any atom is -0.493 e. The van der Waals surface area contributed by atoms with E-state index in [0.717, 1.165) is 27.2 Å². The Morgan fingerprint density at radius 2 is 1.85 bits per heavy atom. The van der Waals surface area contributed by atoms with Gasteiger partial charge in [0.2, 0.25) is 0 Å². The van der Waals surface area contributed by atoms with Gasteiger partial charge in [-0.1, -0.05) is 0 Å². The first-order chi connectivity index (χ1) is 9.63. The Bertz CT molecular complexity index is 585. The highest BCUT2D eigenvalue weighted by Gasteiger charge is 2.08. The first-order valence-corrected chi connectivity index (χ1v) is 7.00. The molecule has 0 aliphatic heterocycles. The third kappa shape index (κ3) is 3.42. The molecule has 0 bridgehead atoms. The predicted molar refractivity (Wildman–Crippen MR) is 83.5 cm³/mol. The number of benzene rings is 1. The molecule has 0 spiro atoms. The van der Waals surface area contributed by atoms with Crippen molar-refractivity contribution in [3.63, 3.8) is 0 Å². The van der Waals surface area contributed by atoms with Crippen LogP contribution in [0.4, 0.5) is 5.69 Å². The number of rotatable bonds is 5. The summed E-state index contributed by atoms with van der Waals surface area (Å²) in [5, 5.41) is 3.36. The molecule has 2 rings (SSSR count). The summed E-state index contributed by atoms with van der Waals surface area (Å²) < 4.78 is 11.6. The van der Waals surface area contributed by atoms with Crippen LogP contribution in [0.1, 0.15) is 11.3 Å². The van der Waals surface area contributed by atoms with Crippen LogP contribution in [0.3, 0.4) is 0 Å². The van der Waals surface area contributed by atoms with E-state index in [4.69, 9.17) is 9.47 Å². The van der Waals surface area contributed by atoms with Crippen molar-refractivity contribution in [1.29, 1.82) is 0 Å². The Morgan fingerprint density at radius 3 is 2.45 bits per heavy atom. The number of nitrogens with zero attached hydrogens (tertiary/aromatic N) is 1. The van der Waals surface area contributed by atoms with Crippen LogP contribution >= 0.6 is 15.9 Å². The zero-order valence-corrected chi connectivity index (χ0v) is 13.3. The van der Waals surface area contributed by atoms with Crippen LogP contribution in [0.5, 0.6) is 11.5 Å². The molecule has 1 aromatic heterocycles. The van der Waals surface area contributed by atoms with Crippen molar-refractivity contribution in [2.75, 3.05) is 19.5 Å². The molecule has 0 atom stereocenters. The zero-order valence-electron chi connectivity index (χ0n) is 11.7. The SMILES string of the molecule is COc1cc(C)c(NCc2ccc(Br)cn2)cc1OC. The topological polar surface area (TPSA) is 43.4 Å². The first-order valence-electron chi connectivity index (χ1n) is 6.21. The van der Waals surface area contributed by atoms with E-state index in [0.29, 0.717) is 12.3 Å². The lowest BCUT2D eigenvalue weighted by molar-refractivity contribution is 0.355. The summed E-state index contributed by atoms with van der Waals surface area (Å²) in [6.07, 6.45) is 1.79. The number of hydrogen-bond donors (Lipinski definition) is 1. The lowest BCUT2D eigenvalue weighted by atomic mass is 10.1. The fourth-order valence-electron chi connectivity index (χ4n) is 1.87. The quantitative estimate of drug-likeness (QED) is 0.902. The van der Waals surface area contributed by atoms with Gasteiger partial charge in [0.25, 0.3) is 0 Å². The van der Waals surface area contributed by atoms with Gasteiger partial charge < -0.3 is 14.8 Å². The number of hydrogen-bond acceptors (Lipinski definition) is 4. The molecule has 5 heteroatoms. The molecule has 0 radical (unpaired) electrons. The largest absolute Gasteiger partial charge is 0.493 e. The number of nitrogens with one attached hydrogen (secondary N) is 1. The van der Waals surface area contributed by atoms with Crippen LogP contribution in [0, 0.1) is 6.92 Å². The van der Waals surface area contributed by atoms with Crippen molar-refractivity contribution >= 4 is 21.6 Å². The average Bonchev–Trinajstić information content (AvgIpc) is 2.47. The van der Waals surface area contributed by atoms with E-state index in [1.807, 2.05) is 31.2 Å². The Morgan fingerprint density at radius 1 is 1.15 bits per heavy atom. The molecule has 106 valence electrons. The van der Waals surface area contributed by atoms with E-state index in [9.17, 15) is 0 Å². The van der Waals surface area contributed by atoms with Crippen LogP contribution in [-0.4, -0.2) is 19.2 Å². The summed E-state index contributed by atoms with van der Waals surface area (Å²) in [6.45, 7) is 2.68. The van der Waals surface area contributed by atoms with Crippen LogP contribution in [0.25, 0.3) is 0 Å². The highest BCUT2D eigenvalue weighted by Crippen LogP contribution is 2.33. The number of aryl methyl sites for hydroxylation is 1. The van der Waals surface area contributed by atoms with E-state index in [-0.39, 0.29) is 0 Å². The maximum atomic E-state index is 5.31. The third-order valence-corrected chi connectivity index (χ3v) is 3.45. The van der Waals surface area contributed by atoms with E-state index in [2.05, 4.69) is 26.2 Å². The molecule has 4 nitrogen and oxygen atoms in total. The Labute approximate surface area is 127 Å². The van der Waals surface area contributed by atoms with Gasteiger partial charge in [0.05, 0.1) is 26.5 Å². The smallest absolute Gasteiger partial charge is 0.162 e. The van der Waals surface area contributed by atoms with E-state index >= 15 is 0 Å². The number of pyridine rings is 1. The summed E-state index contributed by atoms with van der Waals surface area (Å²) in [4.78, 5) is 4.33. The third-order valence-electron chi connectivity index (χ3n) is 2.98. The molecule has 0 aliphatic carbocycles. The van der Waals surface area contributed by atoms with Crippen LogP contribution in [0.15, 0.2) is 34.9 Å². The lowest BCUT2D eigenvalue weighted by Gasteiger charge is -2.14. The van der Waals surface area contributed by atoms with Crippen molar-refractivity contribution in [2.45, 2.75) is 13.5 Å². The molecule has 2 aromatic rings. The molecular formula is C15H17BrN2O2. The molecule has 0 saturated carbocycles. The van der Waals surface area contributed by atoms with Crippen molar-refractivity contribution in [3.05, 3.63) is 46.2 Å². The number of ether oxygens (including phenoxy) is 2. The maximum absolute atomic E-state index is 5.31. The fraction of sp³-hybridized carbons (Fsp3) is 0.267. The molecule has 1 N–H and O–H groups in total. The van der Waals surface area contributed by atoms with Crippen molar-refractivity contribution < 1.29 is 9.47 Å². The van der Waals surface area contributed by atoms with Gasteiger partial charge in [0.1, 0.15) is 0 Å². The highest BCUT2D eigenvalue weighted by molar-refractivity contribution is 9.10. The summed E-state index contributed by atoms with van der Waals surface area (Å²) in [5.41, 5.74) is 3.08. The number of halogens is 1. The Hall–Kier alpha value is -1.75. The molecule has 0 aliphatic rings. The monoisotopic (exact) mass is 336 g/mol. The molecule has 0 amide bonds. The first kappa shape index (κ1) is 14.7.